The number of thiol groups is 2. The van der Waals surface area contributed by atoms with Crippen LogP contribution in [-0.2, 0) is 0 Å². The third-order valence-corrected chi connectivity index (χ3v) is 6.48. The van der Waals surface area contributed by atoms with E-state index in [4.69, 9.17) is 0 Å². The molecule has 0 nitrogen and oxygen atoms in total. The van der Waals surface area contributed by atoms with Crippen molar-refractivity contribution in [3.63, 3.8) is 0 Å². The minimum Gasteiger partial charge on any atom is -0.178 e. The Morgan fingerprint density at radius 1 is 1.27 bits per heavy atom. The molecule has 0 radical (unpaired) electrons. The first-order chi connectivity index (χ1) is 5.27. The number of thioether (sulfide) groups is 2. The van der Waals surface area contributed by atoms with E-state index in [2.05, 4.69) is 55.7 Å². The number of hydrogen-bond acceptors (Lipinski definition) is 4. The zero-order chi connectivity index (χ0) is 8.27. The summed E-state index contributed by atoms with van der Waals surface area (Å²) in [6, 6.07) is 0. The molecule has 1 fully saturated rings. The van der Waals surface area contributed by atoms with Crippen LogP contribution in [0.1, 0.15) is 6.92 Å². The predicted octanol–water partition coefficient (Wildman–Crippen LogP) is 2.45. The van der Waals surface area contributed by atoms with Crippen molar-refractivity contribution in [2.45, 2.75) is 22.7 Å². The van der Waals surface area contributed by atoms with Gasteiger partial charge in [0.1, 0.15) is 0 Å². The lowest BCUT2D eigenvalue weighted by Gasteiger charge is -2.32. The lowest BCUT2D eigenvalue weighted by Crippen LogP contribution is -2.31. The van der Waals surface area contributed by atoms with Gasteiger partial charge in [-0.05, 0) is 0 Å². The number of rotatable bonds is 2. The molecule has 1 aliphatic heterocycles. The largest absolute Gasteiger partial charge is 0.178 e. The molecule has 1 heterocycles. The summed E-state index contributed by atoms with van der Waals surface area (Å²) in [4.78, 5) is 0. The first kappa shape index (κ1) is 10.5. The summed E-state index contributed by atoms with van der Waals surface area (Å²) in [5.41, 5.74) is 0. The predicted molar refractivity (Wildman–Crippen MR) is 64.8 cm³/mol. The second-order valence-electron chi connectivity index (χ2n) is 2.72. The van der Waals surface area contributed by atoms with Gasteiger partial charge in [0.15, 0.2) is 0 Å². The van der Waals surface area contributed by atoms with Crippen LogP contribution in [0.25, 0.3) is 0 Å². The standard InChI is InChI=1S/C7H14S4/c1-5-4-10-6(2-8)7(3-9)11-5/h5-9H,2-4H2,1H3. The minimum atomic E-state index is 0.713. The lowest BCUT2D eigenvalue weighted by atomic mass is 10.3. The second-order valence-corrected chi connectivity index (χ2v) is 6.41. The molecule has 0 aromatic carbocycles. The summed E-state index contributed by atoms with van der Waals surface area (Å²) < 4.78 is 0. The van der Waals surface area contributed by atoms with Gasteiger partial charge < -0.3 is 0 Å². The molecule has 0 aromatic heterocycles. The molecule has 3 unspecified atom stereocenters. The molecule has 1 aliphatic rings. The smallest absolute Gasteiger partial charge is 0.0265 e. The van der Waals surface area contributed by atoms with E-state index in [1.54, 1.807) is 0 Å². The van der Waals surface area contributed by atoms with E-state index in [-0.39, 0.29) is 0 Å². The van der Waals surface area contributed by atoms with E-state index in [0.29, 0.717) is 5.25 Å². The van der Waals surface area contributed by atoms with Crippen LogP contribution in [0.5, 0.6) is 0 Å². The monoisotopic (exact) mass is 226 g/mol. The topological polar surface area (TPSA) is 0 Å². The Hall–Kier alpha value is 1.40. The summed E-state index contributed by atoms with van der Waals surface area (Å²) in [6.45, 7) is 2.29. The summed E-state index contributed by atoms with van der Waals surface area (Å²) in [5, 5.41) is 2.23. The van der Waals surface area contributed by atoms with E-state index in [1.165, 1.54) is 5.75 Å². The van der Waals surface area contributed by atoms with E-state index in [1.807, 2.05) is 0 Å². The molecule has 0 amide bonds. The normalized spacial score (nSPS) is 39.0. The van der Waals surface area contributed by atoms with Gasteiger partial charge in [0.25, 0.3) is 0 Å². The van der Waals surface area contributed by atoms with E-state index in [9.17, 15) is 0 Å². The van der Waals surface area contributed by atoms with Crippen molar-refractivity contribution in [3.8, 4) is 0 Å². The van der Waals surface area contributed by atoms with Gasteiger partial charge in [0.05, 0.1) is 0 Å². The molecule has 0 spiro atoms. The van der Waals surface area contributed by atoms with Crippen LogP contribution in [0, 0.1) is 0 Å². The van der Waals surface area contributed by atoms with Crippen LogP contribution < -0.4 is 0 Å². The third-order valence-electron chi connectivity index (χ3n) is 1.73. The van der Waals surface area contributed by atoms with Crippen molar-refractivity contribution in [2.75, 3.05) is 17.3 Å². The average Bonchev–Trinajstić information content (AvgIpc) is 2.04. The van der Waals surface area contributed by atoms with Gasteiger partial charge >= 0.3 is 0 Å². The summed E-state index contributed by atoms with van der Waals surface area (Å²) >= 11 is 12.8. The van der Waals surface area contributed by atoms with E-state index >= 15 is 0 Å². The van der Waals surface area contributed by atoms with Gasteiger partial charge in [-0.2, -0.15) is 48.8 Å². The fraction of sp³-hybridized carbons (Fsp3) is 1.00. The molecule has 1 saturated heterocycles. The van der Waals surface area contributed by atoms with Gasteiger partial charge in [-0.25, -0.2) is 0 Å². The SMILES string of the molecule is CC1CSC(CS)C(CS)S1. The van der Waals surface area contributed by atoms with Gasteiger partial charge in [0, 0.05) is 33.0 Å². The Kier molecular flexibility index (Phi) is 4.95. The third kappa shape index (κ3) is 2.98. The highest BCUT2D eigenvalue weighted by Gasteiger charge is 2.27. The quantitative estimate of drug-likeness (QED) is 0.694. The molecule has 0 bridgehead atoms. The average molecular weight is 226 g/mol. The molecule has 0 aromatic rings. The molecule has 1 rings (SSSR count). The Morgan fingerprint density at radius 2 is 1.91 bits per heavy atom. The van der Waals surface area contributed by atoms with E-state index < -0.39 is 0 Å². The molecule has 66 valence electrons. The fourth-order valence-corrected chi connectivity index (χ4v) is 5.36. The maximum absolute atomic E-state index is 4.35. The maximum atomic E-state index is 4.35. The fourth-order valence-electron chi connectivity index (χ4n) is 1.12. The molecule has 3 atom stereocenters. The van der Waals surface area contributed by atoms with Gasteiger partial charge in [-0.3, -0.25) is 0 Å². The van der Waals surface area contributed by atoms with Crippen LogP contribution in [0.3, 0.4) is 0 Å². The first-order valence-electron chi connectivity index (χ1n) is 3.76. The zero-order valence-corrected chi connectivity index (χ0v) is 9.99. The van der Waals surface area contributed by atoms with Crippen LogP contribution >= 0.6 is 48.8 Å². The Labute approximate surface area is 88.5 Å². The van der Waals surface area contributed by atoms with Crippen molar-refractivity contribution >= 4 is 48.8 Å². The zero-order valence-electron chi connectivity index (χ0n) is 6.56. The Bertz CT molecular complexity index is 117. The second kappa shape index (κ2) is 5.20. The minimum absolute atomic E-state index is 0.713. The van der Waals surface area contributed by atoms with Crippen LogP contribution in [0.2, 0.25) is 0 Å². The lowest BCUT2D eigenvalue weighted by molar-refractivity contribution is 0.918. The molecule has 4 heteroatoms. The molecule has 0 N–H and O–H groups in total. The Morgan fingerprint density at radius 3 is 2.45 bits per heavy atom. The molecule has 0 saturated carbocycles. The summed E-state index contributed by atoms with van der Waals surface area (Å²) in [7, 11) is 0. The Balaban J connectivity index is 2.41. The summed E-state index contributed by atoms with van der Waals surface area (Å²) in [6.07, 6.45) is 0. The van der Waals surface area contributed by atoms with Crippen molar-refractivity contribution in [3.05, 3.63) is 0 Å². The van der Waals surface area contributed by atoms with Gasteiger partial charge in [-0.15, -0.1) is 0 Å². The first-order valence-corrected chi connectivity index (χ1v) is 7.02. The van der Waals surface area contributed by atoms with Gasteiger partial charge in [0.2, 0.25) is 0 Å². The van der Waals surface area contributed by atoms with E-state index in [0.717, 1.165) is 22.0 Å². The molecule has 11 heavy (non-hydrogen) atoms. The highest BCUT2D eigenvalue weighted by atomic mass is 32.2. The molecule has 0 aliphatic carbocycles. The van der Waals surface area contributed by atoms with Gasteiger partial charge in [-0.1, -0.05) is 6.92 Å². The summed E-state index contributed by atoms with van der Waals surface area (Å²) in [5.74, 6) is 3.27. The van der Waals surface area contributed by atoms with Crippen molar-refractivity contribution in [1.82, 2.24) is 0 Å². The highest BCUT2D eigenvalue weighted by Crippen LogP contribution is 2.36. The maximum Gasteiger partial charge on any atom is 0.0265 e. The van der Waals surface area contributed by atoms with Crippen molar-refractivity contribution in [2.24, 2.45) is 0 Å². The van der Waals surface area contributed by atoms with Crippen LogP contribution in [0.15, 0.2) is 0 Å². The van der Waals surface area contributed by atoms with Crippen molar-refractivity contribution in [1.29, 1.82) is 0 Å². The van der Waals surface area contributed by atoms with Crippen LogP contribution in [-0.4, -0.2) is 33.0 Å². The van der Waals surface area contributed by atoms with Crippen LogP contribution in [0.4, 0.5) is 0 Å². The molecular weight excluding hydrogens is 212 g/mol. The number of hydrogen-bond donors (Lipinski definition) is 2. The highest BCUT2D eigenvalue weighted by molar-refractivity contribution is 8.08. The molecular formula is C7H14S4. The van der Waals surface area contributed by atoms with Crippen molar-refractivity contribution < 1.29 is 0 Å².